The van der Waals surface area contributed by atoms with Gasteiger partial charge in [0.1, 0.15) is 11.5 Å². The number of ether oxygens (including phenoxy) is 2. The highest BCUT2D eigenvalue weighted by Gasteiger charge is 2.20. The first-order valence-electron chi connectivity index (χ1n) is 14.8. The zero-order valence-electron chi connectivity index (χ0n) is 25.6. The summed E-state index contributed by atoms with van der Waals surface area (Å²) in [5, 5.41) is 0. The average Bonchev–Trinajstić information content (AvgIpc) is 3.06. The summed E-state index contributed by atoms with van der Waals surface area (Å²) in [5.41, 5.74) is 10.7. The lowest BCUT2D eigenvalue weighted by atomic mass is 10.0. The Bertz CT molecular complexity index is 1730. The molecule has 0 radical (unpaired) electrons. The molecular formula is C40H36N2O2. The summed E-state index contributed by atoms with van der Waals surface area (Å²) in [7, 11) is 3.44. The molecule has 0 unspecified atom stereocenters. The maximum atomic E-state index is 6.02. The molecule has 4 nitrogen and oxygen atoms in total. The zero-order valence-corrected chi connectivity index (χ0v) is 25.6. The van der Waals surface area contributed by atoms with E-state index in [1.54, 1.807) is 14.2 Å². The van der Waals surface area contributed by atoms with Gasteiger partial charge in [-0.05, 0) is 97.8 Å². The van der Waals surface area contributed by atoms with Gasteiger partial charge < -0.3 is 19.3 Å². The Balaban J connectivity index is 1.44. The Hall–Kier alpha value is -5.48. The standard InChI is InChI=1S/C40H36N2O2/c1-29-13-11-19-33(25-29)41(31-15-7-5-8-16-31)35-21-23-37(39(27-35)43-3)38-24-22-36(28-40(38)44-4)42(32-17-9-6-10-18-32)34-20-12-14-30(2)26-34/h5-28H,1-4H3. The average molecular weight is 577 g/mol. The number of hydrogen-bond acceptors (Lipinski definition) is 4. The molecule has 0 aliphatic heterocycles. The third-order valence-electron chi connectivity index (χ3n) is 7.73. The van der Waals surface area contributed by atoms with E-state index in [0.29, 0.717) is 0 Å². The summed E-state index contributed by atoms with van der Waals surface area (Å²) < 4.78 is 12.0. The molecule has 0 bridgehead atoms. The van der Waals surface area contributed by atoms with Crippen LogP contribution in [0.5, 0.6) is 11.5 Å². The number of rotatable bonds is 9. The minimum Gasteiger partial charge on any atom is -0.496 e. The van der Waals surface area contributed by atoms with Gasteiger partial charge in [0.05, 0.1) is 14.2 Å². The van der Waals surface area contributed by atoms with E-state index in [9.17, 15) is 0 Å². The van der Waals surface area contributed by atoms with Gasteiger partial charge in [-0.15, -0.1) is 0 Å². The summed E-state index contributed by atoms with van der Waals surface area (Å²) in [4.78, 5) is 4.50. The fourth-order valence-corrected chi connectivity index (χ4v) is 5.67. The molecular weight excluding hydrogens is 540 g/mol. The predicted molar refractivity (Wildman–Crippen MR) is 184 cm³/mol. The maximum absolute atomic E-state index is 6.02. The summed E-state index contributed by atoms with van der Waals surface area (Å²) in [6.07, 6.45) is 0. The first kappa shape index (κ1) is 28.6. The third-order valence-corrected chi connectivity index (χ3v) is 7.73. The molecule has 0 saturated carbocycles. The van der Waals surface area contributed by atoms with Gasteiger partial charge in [-0.3, -0.25) is 0 Å². The number of aryl methyl sites for hydroxylation is 2. The Labute approximate surface area is 260 Å². The topological polar surface area (TPSA) is 24.9 Å². The van der Waals surface area contributed by atoms with Gasteiger partial charge in [0.15, 0.2) is 0 Å². The second kappa shape index (κ2) is 12.8. The molecule has 0 aliphatic carbocycles. The van der Waals surface area contributed by atoms with Gasteiger partial charge >= 0.3 is 0 Å². The third kappa shape index (κ3) is 5.88. The van der Waals surface area contributed by atoms with E-state index < -0.39 is 0 Å². The molecule has 0 amide bonds. The normalized spacial score (nSPS) is 10.7. The predicted octanol–water partition coefficient (Wildman–Crippen LogP) is 10.9. The number of benzene rings is 6. The fourth-order valence-electron chi connectivity index (χ4n) is 5.67. The summed E-state index contributed by atoms with van der Waals surface area (Å²) in [6, 6.07) is 50.6. The molecule has 6 aromatic carbocycles. The monoisotopic (exact) mass is 576 g/mol. The van der Waals surface area contributed by atoms with Crippen molar-refractivity contribution in [1.82, 2.24) is 0 Å². The van der Waals surface area contributed by atoms with E-state index in [2.05, 4.69) is 157 Å². The Morgan fingerprint density at radius 1 is 0.364 bits per heavy atom. The molecule has 0 fully saturated rings. The van der Waals surface area contributed by atoms with Crippen molar-refractivity contribution in [3.05, 3.63) is 157 Å². The smallest absolute Gasteiger partial charge is 0.128 e. The van der Waals surface area contributed by atoms with Crippen molar-refractivity contribution in [3.8, 4) is 22.6 Å². The second-order valence-corrected chi connectivity index (χ2v) is 10.8. The van der Waals surface area contributed by atoms with Crippen LogP contribution in [0.4, 0.5) is 34.1 Å². The van der Waals surface area contributed by atoms with Crippen LogP contribution in [0.15, 0.2) is 146 Å². The Kier molecular flexibility index (Phi) is 8.33. The van der Waals surface area contributed by atoms with Crippen LogP contribution < -0.4 is 19.3 Å². The Morgan fingerprint density at radius 2 is 0.727 bits per heavy atom. The minimum atomic E-state index is 0.765. The van der Waals surface area contributed by atoms with Crippen molar-refractivity contribution in [2.75, 3.05) is 24.0 Å². The van der Waals surface area contributed by atoms with E-state index in [1.165, 1.54) is 11.1 Å². The quantitative estimate of drug-likeness (QED) is 0.171. The van der Waals surface area contributed by atoms with E-state index in [1.807, 2.05) is 12.1 Å². The van der Waals surface area contributed by atoms with Gasteiger partial charge in [0.2, 0.25) is 0 Å². The zero-order chi connectivity index (χ0) is 30.5. The van der Waals surface area contributed by atoms with Crippen LogP contribution in [-0.2, 0) is 0 Å². The lowest BCUT2D eigenvalue weighted by Crippen LogP contribution is -2.11. The SMILES string of the molecule is COc1cc(N(c2ccccc2)c2cccc(C)c2)ccc1-c1ccc(N(c2ccccc2)c2cccc(C)c2)cc1OC. The molecule has 44 heavy (non-hydrogen) atoms. The van der Waals surface area contributed by atoms with Crippen LogP contribution in [0, 0.1) is 13.8 Å². The van der Waals surface area contributed by atoms with Gasteiger partial charge in [0.25, 0.3) is 0 Å². The highest BCUT2D eigenvalue weighted by atomic mass is 16.5. The molecule has 6 rings (SSSR count). The van der Waals surface area contributed by atoms with Gasteiger partial charge in [0, 0.05) is 57.4 Å². The van der Waals surface area contributed by atoms with Gasteiger partial charge in [-0.2, -0.15) is 0 Å². The molecule has 218 valence electrons. The highest BCUT2D eigenvalue weighted by molar-refractivity contribution is 5.85. The van der Waals surface area contributed by atoms with Crippen molar-refractivity contribution in [1.29, 1.82) is 0 Å². The fraction of sp³-hybridized carbons (Fsp3) is 0.100. The Morgan fingerprint density at radius 3 is 1.09 bits per heavy atom. The van der Waals surface area contributed by atoms with Crippen molar-refractivity contribution in [2.45, 2.75) is 13.8 Å². The van der Waals surface area contributed by atoms with Crippen LogP contribution in [0.25, 0.3) is 11.1 Å². The second-order valence-electron chi connectivity index (χ2n) is 10.8. The van der Waals surface area contributed by atoms with Crippen molar-refractivity contribution in [3.63, 3.8) is 0 Å². The molecule has 0 atom stereocenters. The maximum Gasteiger partial charge on any atom is 0.128 e. The number of nitrogens with zero attached hydrogens (tertiary/aromatic N) is 2. The van der Waals surface area contributed by atoms with Crippen LogP contribution in [-0.4, -0.2) is 14.2 Å². The highest BCUT2D eigenvalue weighted by Crippen LogP contribution is 2.44. The molecule has 0 aromatic heterocycles. The molecule has 0 heterocycles. The number of methoxy groups -OCH3 is 2. The summed E-state index contributed by atoms with van der Waals surface area (Å²) in [5.74, 6) is 1.53. The van der Waals surface area contributed by atoms with Gasteiger partial charge in [-0.1, -0.05) is 60.7 Å². The number of anilines is 6. The van der Waals surface area contributed by atoms with E-state index >= 15 is 0 Å². The van der Waals surface area contributed by atoms with Gasteiger partial charge in [-0.25, -0.2) is 0 Å². The lowest BCUT2D eigenvalue weighted by molar-refractivity contribution is 0.410. The first-order valence-corrected chi connectivity index (χ1v) is 14.8. The van der Waals surface area contributed by atoms with Crippen LogP contribution in [0.2, 0.25) is 0 Å². The lowest BCUT2D eigenvalue weighted by Gasteiger charge is -2.27. The molecule has 0 spiro atoms. The minimum absolute atomic E-state index is 0.765. The number of hydrogen-bond donors (Lipinski definition) is 0. The van der Waals surface area contributed by atoms with Crippen molar-refractivity contribution >= 4 is 34.1 Å². The van der Waals surface area contributed by atoms with Crippen molar-refractivity contribution < 1.29 is 9.47 Å². The molecule has 4 heteroatoms. The van der Waals surface area contributed by atoms with Crippen LogP contribution in [0.3, 0.4) is 0 Å². The van der Waals surface area contributed by atoms with E-state index in [-0.39, 0.29) is 0 Å². The van der Waals surface area contributed by atoms with E-state index in [4.69, 9.17) is 9.47 Å². The van der Waals surface area contributed by atoms with Crippen molar-refractivity contribution in [2.24, 2.45) is 0 Å². The van der Waals surface area contributed by atoms with Crippen LogP contribution in [0.1, 0.15) is 11.1 Å². The van der Waals surface area contributed by atoms with E-state index in [0.717, 1.165) is 56.8 Å². The molecule has 0 N–H and O–H groups in total. The largest absolute Gasteiger partial charge is 0.496 e. The molecule has 6 aromatic rings. The molecule has 0 aliphatic rings. The summed E-state index contributed by atoms with van der Waals surface area (Å²) >= 11 is 0. The van der Waals surface area contributed by atoms with Crippen LogP contribution >= 0.6 is 0 Å². The molecule has 0 saturated heterocycles. The number of para-hydroxylation sites is 2. The first-order chi connectivity index (χ1) is 21.6. The summed E-state index contributed by atoms with van der Waals surface area (Å²) in [6.45, 7) is 4.23.